The number of rotatable bonds is 3. The van der Waals surface area contributed by atoms with Crippen molar-refractivity contribution in [2.45, 2.75) is 38.6 Å². The predicted octanol–water partition coefficient (Wildman–Crippen LogP) is 4.48. The van der Waals surface area contributed by atoms with Crippen molar-refractivity contribution >= 4 is 27.6 Å². The molecular formula is C24H28N6. The van der Waals surface area contributed by atoms with Crippen LogP contribution in [0.15, 0.2) is 36.4 Å². The van der Waals surface area contributed by atoms with Crippen LogP contribution in [0.1, 0.15) is 31.2 Å². The molecule has 0 unspecified atom stereocenters. The Labute approximate surface area is 176 Å². The van der Waals surface area contributed by atoms with Gasteiger partial charge in [-0.25, -0.2) is 4.98 Å². The van der Waals surface area contributed by atoms with E-state index in [1.807, 2.05) is 0 Å². The molecule has 30 heavy (non-hydrogen) atoms. The zero-order chi connectivity index (χ0) is 20.1. The van der Waals surface area contributed by atoms with Gasteiger partial charge < -0.3 is 14.8 Å². The molecule has 6 nitrogen and oxygen atoms in total. The highest BCUT2D eigenvalue weighted by molar-refractivity contribution is 5.93. The van der Waals surface area contributed by atoms with Crippen LogP contribution >= 0.6 is 0 Å². The normalized spacial score (nSPS) is 18.8. The Morgan fingerprint density at radius 3 is 2.60 bits per heavy atom. The summed E-state index contributed by atoms with van der Waals surface area (Å²) in [6.07, 6.45) is 5.30. The summed E-state index contributed by atoms with van der Waals surface area (Å²) in [6.45, 7) is 6.98. The molecule has 2 fully saturated rings. The molecule has 154 valence electrons. The number of fused-ring (bicyclic) bond motifs is 2. The Balaban J connectivity index is 1.26. The summed E-state index contributed by atoms with van der Waals surface area (Å²) in [5, 5.41) is 8.76. The molecule has 4 aromatic rings. The van der Waals surface area contributed by atoms with Gasteiger partial charge in [-0.05, 0) is 76.0 Å². The summed E-state index contributed by atoms with van der Waals surface area (Å²) < 4.78 is 0. The lowest BCUT2D eigenvalue weighted by Crippen LogP contribution is -2.43. The highest BCUT2D eigenvalue weighted by Crippen LogP contribution is 2.30. The first-order valence-corrected chi connectivity index (χ1v) is 11.2. The van der Waals surface area contributed by atoms with E-state index in [-0.39, 0.29) is 0 Å². The van der Waals surface area contributed by atoms with Crippen molar-refractivity contribution < 1.29 is 0 Å². The Bertz CT molecular complexity index is 1190. The number of anilines is 1. The molecule has 0 aliphatic carbocycles. The van der Waals surface area contributed by atoms with E-state index in [0.29, 0.717) is 0 Å². The number of hydrogen-bond acceptors (Lipinski definition) is 4. The van der Waals surface area contributed by atoms with Gasteiger partial charge in [0.05, 0.1) is 16.6 Å². The Hall–Kier alpha value is -2.86. The van der Waals surface area contributed by atoms with E-state index in [2.05, 4.69) is 68.3 Å². The second-order valence-electron chi connectivity index (χ2n) is 8.87. The lowest BCUT2D eigenvalue weighted by molar-refractivity contribution is 0.208. The van der Waals surface area contributed by atoms with Crippen LogP contribution in [0, 0.1) is 6.92 Å². The highest BCUT2D eigenvalue weighted by atomic mass is 15.2. The maximum atomic E-state index is 4.82. The summed E-state index contributed by atoms with van der Waals surface area (Å²) >= 11 is 0. The first kappa shape index (κ1) is 18.0. The lowest BCUT2D eigenvalue weighted by atomic mass is 10.0. The third-order valence-electron chi connectivity index (χ3n) is 6.89. The smallest absolute Gasteiger partial charge is 0.159 e. The van der Waals surface area contributed by atoms with Gasteiger partial charge in [0.2, 0.25) is 0 Å². The number of nitrogens with one attached hydrogen (secondary N) is 2. The quantitative estimate of drug-likeness (QED) is 0.532. The fourth-order valence-electron chi connectivity index (χ4n) is 5.21. The molecule has 2 aromatic carbocycles. The molecule has 2 aliphatic rings. The van der Waals surface area contributed by atoms with Gasteiger partial charge in [0.25, 0.3) is 0 Å². The second kappa shape index (κ2) is 7.13. The van der Waals surface area contributed by atoms with E-state index in [9.17, 15) is 0 Å². The number of likely N-dealkylation sites (tertiary alicyclic amines) is 1. The minimum Gasteiger partial charge on any atom is -0.371 e. The molecule has 6 rings (SSSR count). The standard InChI is InChI=1S/C24H28N6/c1-16-4-6-20-19(14-16)23(28-27-20)24-25-21-7-5-18(15-22(21)26-24)30-12-8-17(9-13-30)29-10-2-3-11-29/h4-7,14-15,17H,2-3,8-13H2,1H3,(H,25,26)(H,27,28). The summed E-state index contributed by atoms with van der Waals surface area (Å²) in [6, 6.07) is 13.7. The van der Waals surface area contributed by atoms with Crippen LogP contribution in [0.4, 0.5) is 5.69 Å². The Morgan fingerprint density at radius 1 is 0.933 bits per heavy atom. The third-order valence-corrected chi connectivity index (χ3v) is 6.89. The van der Waals surface area contributed by atoms with Gasteiger partial charge in [-0.1, -0.05) is 11.6 Å². The first-order valence-electron chi connectivity index (χ1n) is 11.2. The Morgan fingerprint density at radius 2 is 1.77 bits per heavy atom. The van der Waals surface area contributed by atoms with Crippen LogP contribution in [0.3, 0.4) is 0 Å². The van der Waals surface area contributed by atoms with Gasteiger partial charge in [0.1, 0.15) is 5.69 Å². The van der Waals surface area contributed by atoms with Crippen LogP contribution in [0.25, 0.3) is 33.5 Å². The average Bonchev–Trinajstić information content (AvgIpc) is 3.52. The van der Waals surface area contributed by atoms with Crippen LogP contribution in [0.5, 0.6) is 0 Å². The summed E-state index contributed by atoms with van der Waals surface area (Å²) in [4.78, 5) is 13.6. The molecule has 2 N–H and O–H groups in total. The van der Waals surface area contributed by atoms with E-state index in [1.165, 1.54) is 50.0 Å². The second-order valence-corrected chi connectivity index (χ2v) is 8.87. The molecule has 4 heterocycles. The topological polar surface area (TPSA) is 63.8 Å². The molecular weight excluding hydrogens is 372 g/mol. The molecule has 2 aliphatic heterocycles. The van der Waals surface area contributed by atoms with Crippen molar-refractivity contribution in [3.63, 3.8) is 0 Å². The minimum atomic E-state index is 0.780. The fraction of sp³-hybridized carbons (Fsp3) is 0.417. The van der Waals surface area contributed by atoms with Gasteiger partial charge in [-0.3, -0.25) is 5.10 Å². The zero-order valence-corrected chi connectivity index (χ0v) is 17.5. The highest BCUT2D eigenvalue weighted by Gasteiger charge is 2.26. The van der Waals surface area contributed by atoms with E-state index < -0.39 is 0 Å². The van der Waals surface area contributed by atoms with Crippen molar-refractivity contribution in [3.8, 4) is 11.5 Å². The molecule has 0 spiro atoms. The van der Waals surface area contributed by atoms with Gasteiger partial charge >= 0.3 is 0 Å². The monoisotopic (exact) mass is 400 g/mol. The van der Waals surface area contributed by atoms with E-state index in [0.717, 1.165) is 52.6 Å². The van der Waals surface area contributed by atoms with Crippen molar-refractivity contribution in [3.05, 3.63) is 42.0 Å². The molecule has 0 saturated carbocycles. The fourth-order valence-corrected chi connectivity index (χ4v) is 5.21. The number of aryl methyl sites for hydroxylation is 1. The van der Waals surface area contributed by atoms with Gasteiger partial charge in [-0.15, -0.1) is 0 Å². The molecule has 0 bridgehead atoms. The average molecular weight is 401 g/mol. The number of aromatic nitrogens is 4. The van der Waals surface area contributed by atoms with E-state index >= 15 is 0 Å². The van der Waals surface area contributed by atoms with Gasteiger partial charge in [0, 0.05) is 30.2 Å². The number of aromatic amines is 2. The number of benzene rings is 2. The van der Waals surface area contributed by atoms with E-state index in [4.69, 9.17) is 4.98 Å². The number of nitrogens with zero attached hydrogens (tertiary/aromatic N) is 4. The van der Waals surface area contributed by atoms with E-state index in [1.54, 1.807) is 0 Å². The third kappa shape index (κ3) is 3.06. The maximum absolute atomic E-state index is 4.82. The summed E-state index contributed by atoms with van der Waals surface area (Å²) in [7, 11) is 0. The molecule has 2 aromatic heterocycles. The number of hydrogen-bond donors (Lipinski definition) is 2. The Kier molecular flexibility index (Phi) is 4.27. The van der Waals surface area contributed by atoms with Crippen LogP contribution in [-0.2, 0) is 0 Å². The summed E-state index contributed by atoms with van der Waals surface area (Å²) in [5.74, 6) is 0.826. The van der Waals surface area contributed by atoms with Gasteiger partial charge in [0.15, 0.2) is 5.82 Å². The minimum absolute atomic E-state index is 0.780. The maximum Gasteiger partial charge on any atom is 0.159 e. The van der Waals surface area contributed by atoms with Crippen molar-refractivity contribution in [2.75, 3.05) is 31.1 Å². The number of imidazole rings is 1. The van der Waals surface area contributed by atoms with Crippen LogP contribution < -0.4 is 4.90 Å². The molecule has 6 heteroatoms. The van der Waals surface area contributed by atoms with Crippen LogP contribution in [0.2, 0.25) is 0 Å². The predicted molar refractivity (Wildman–Crippen MR) is 122 cm³/mol. The van der Waals surface area contributed by atoms with Crippen molar-refractivity contribution in [1.82, 2.24) is 25.1 Å². The summed E-state index contributed by atoms with van der Waals surface area (Å²) in [5.41, 5.74) is 6.51. The molecule has 2 saturated heterocycles. The SMILES string of the molecule is Cc1ccc2[nH]nc(-c3nc4ccc(N5CCC(N6CCCC6)CC5)cc4[nH]3)c2c1. The largest absolute Gasteiger partial charge is 0.371 e. The molecule has 0 amide bonds. The molecule has 0 atom stereocenters. The van der Waals surface area contributed by atoms with Crippen LogP contribution in [-0.4, -0.2) is 57.3 Å². The number of H-pyrrole nitrogens is 2. The lowest BCUT2D eigenvalue weighted by Gasteiger charge is -2.37. The first-order chi connectivity index (χ1) is 14.7. The van der Waals surface area contributed by atoms with Crippen molar-refractivity contribution in [2.24, 2.45) is 0 Å². The van der Waals surface area contributed by atoms with Crippen molar-refractivity contribution in [1.29, 1.82) is 0 Å². The zero-order valence-electron chi connectivity index (χ0n) is 17.5. The molecule has 0 radical (unpaired) electrons. The van der Waals surface area contributed by atoms with Gasteiger partial charge in [-0.2, -0.15) is 5.10 Å². The number of piperidine rings is 1.